The number of nitrogens with one attached hydrogen (secondary N) is 1. The summed E-state index contributed by atoms with van der Waals surface area (Å²) in [7, 11) is 3.18. The first-order valence-electron chi connectivity index (χ1n) is 7.16. The number of ether oxygens (including phenoxy) is 2. The van der Waals surface area contributed by atoms with Crippen molar-refractivity contribution < 1.29 is 9.47 Å². The van der Waals surface area contributed by atoms with Gasteiger partial charge < -0.3 is 9.47 Å². The molecule has 0 atom stereocenters. The second kappa shape index (κ2) is 7.23. The quantitative estimate of drug-likeness (QED) is 0.552. The smallest absolute Gasteiger partial charge is 0.268 e. The minimum atomic E-state index is 0.415. The van der Waals surface area contributed by atoms with Gasteiger partial charge >= 0.3 is 0 Å². The number of aromatic nitrogens is 4. The van der Waals surface area contributed by atoms with E-state index < -0.39 is 0 Å². The van der Waals surface area contributed by atoms with Crippen LogP contribution in [-0.4, -0.2) is 40.6 Å². The predicted octanol–water partition coefficient (Wildman–Crippen LogP) is 2.13. The number of hydrazone groups is 1. The van der Waals surface area contributed by atoms with Crippen LogP contribution in [0, 0.1) is 0 Å². The van der Waals surface area contributed by atoms with Gasteiger partial charge in [-0.2, -0.15) is 9.78 Å². The van der Waals surface area contributed by atoms with Crippen molar-refractivity contribution >= 4 is 12.2 Å². The van der Waals surface area contributed by atoms with E-state index in [9.17, 15) is 0 Å². The lowest BCUT2D eigenvalue weighted by Crippen LogP contribution is -2.03. The molecule has 0 saturated heterocycles. The monoisotopic (exact) mass is 324 g/mol. The highest BCUT2D eigenvalue weighted by Crippen LogP contribution is 2.26. The van der Waals surface area contributed by atoms with Crippen molar-refractivity contribution in [1.82, 2.24) is 20.2 Å². The Balaban J connectivity index is 1.75. The molecule has 0 amide bonds. The molecule has 0 saturated carbocycles. The molecule has 24 heavy (non-hydrogen) atoms. The van der Waals surface area contributed by atoms with E-state index in [1.807, 2.05) is 48.5 Å². The molecule has 2 aromatic carbocycles. The summed E-state index contributed by atoms with van der Waals surface area (Å²) in [6.45, 7) is 0. The molecule has 1 heterocycles. The molecule has 122 valence electrons. The maximum Gasteiger partial charge on any atom is 0.268 e. The third kappa shape index (κ3) is 3.32. The Labute approximate surface area is 138 Å². The van der Waals surface area contributed by atoms with Gasteiger partial charge in [-0.05, 0) is 46.3 Å². The van der Waals surface area contributed by atoms with E-state index in [1.54, 1.807) is 25.1 Å². The summed E-state index contributed by atoms with van der Waals surface area (Å²) in [4.78, 5) is 0. The first kappa shape index (κ1) is 15.5. The Hall–Kier alpha value is -3.42. The van der Waals surface area contributed by atoms with E-state index in [1.165, 1.54) is 0 Å². The van der Waals surface area contributed by atoms with Crippen LogP contribution in [0.5, 0.6) is 11.5 Å². The molecule has 0 aliphatic carbocycles. The van der Waals surface area contributed by atoms with Gasteiger partial charge in [0.2, 0.25) is 0 Å². The Kier molecular flexibility index (Phi) is 4.66. The zero-order valence-electron chi connectivity index (χ0n) is 13.2. The van der Waals surface area contributed by atoms with Crippen molar-refractivity contribution in [2.45, 2.75) is 0 Å². The summed E-state index contributed by atoms with van der Waals surface area (Å²) in [6.07, 6.45) is 1.64. The van der Waals surface area contributed by atoms with E-state index in [4.69, 9.17) is 9.47 Å². The minimum Gasteiger partial charge on any atom is -0.493 e. The third-order valence-electron chi connectivity index (χ3n) is 3.26. The van der Waals surface area contributed by atoms with Gasteiger partial charge in [0.15, 0.2) is 11.5 Å². The summed E-state index contributed by atoms with van der Waals surface area (Å²) in [5.41, 5.74) is 4.52. The Morgan fingerprint density at radius 3 is 2.58 bits per heavy atom. The van der Waals surface area contributed by atoms with Crippen molar-refractivity contribution in [3.63, 3.8) is 0 Å². The third-order valence-corrected chi connectivity index (χ3v) is 3.26. The first-order chi connectivity index (χ1) is 11.8. The highest BCUT2D eigenvalue weighted by molar-refractivity contribution is 5.81. The van der Waals surface area contributed by atoms with Crippen molar-refractivity contribution in [3.05, 3.63) is 54.1 Å². The molecule has 0 aliphatic rings. The van der Waals surface area contributed by atoms with Crippen LogP contribution in [0.25, 0.3) is 5.69 Å². The van der Waals surface area contributed by atoms with Gasteiger partial charge in [0.25, 0.3) is 5.95 Å². The number of nitrogens with zero attached hydrogens (tertiary/aromatic N) is 5. The van der Waals surface area contributed by atoms with E-state index >= 15 is 0 Å². The number of benzene rings is 2. The zero-order chi connectivity index (χ0) is 16.8. The van der Waals surface area contributed by atoms with Gasteiger partial charge in [0.1, 0.15) is 0 Å². The van der Waals surface area contributed by atoms with Gasteiger partial charge in [-0.15, -0.1) is 0 Å². The largest absolute Gasteiger partial charge is 0.493 e. The van der Waals surface area contributed by atoms with Crippen LogP contribution >= 0.6 is 0 Å². The number of rotatable bonds is 6. The predicted molar refractivity (Wildman–Crippen MR) is 89.9 cm³/mol. The van der Waals surface area contributed by atoms with E-state index in [-0.39, 0.29) is 0 Å². The number of hydrogen-bond donors (Lipinski definition) is 1. The molecule has 3 aromatic rings. The van der Waals surface area contributed by atoms with Crippen LogP contribution in [0.1, 0.15) is 5.56 Å². The molecule has 0 aliphatic heterocycles. The van der Waals surface area contributed by atoms with Gasteiger partial charge in [0.05, 0.1) is 26.1 Å². The molecule has 0 fully saturated rings. The molecule has 3 rings (SSSR count). The van der Waals surface area contributed by atoms with E-state index in [2.05, 4.69) is 26.1 Å². The van der Waals surface area contributed by atoms with Crippen LogP contribution in [0.4, 0.5) is 5.95 Å². The molecule has 1 aromatic heterocycles. The molecule has 1 N–H and O–H groups in total. The SMILES string of the molecule is COc1ccc(C=NNc2nnnn2-c2ccccc2)cc1OC. The average molecular weight is 324 g/mol. The molecular formula is C16H16N6O2. The summed E-state index contributed by atoms with van der Waals surface area (Å²) < 4.78 is 12.0. The van der Waals surface area contributed by atoms with Crippen LogP contribution < -0.4 is 14.9 Å². The number of methoxy groups -OCH3 is 2. The normalized spacial score (nSPS) is 10.8. The molecule has 0 spiro atoms. The zero-order valence-corrected chi connectivity index (χ0v) is 13.2. The maximum absolute atomic E-state index is 5.26. The molecule has 8 nitrogen and oxygen atoms in total. The van der Waals surface area contributed by atoms with Crippen LogP contribution in [-0.2, 0) is 0 Å². The minimum absolute atomic E-state index is 0.415. The van der Waals surface area contributed by atoms with Crippen molar-refractivity contribution in [2.24, 2.45) is 5.10 Å². The van der Waals surface area contributed by atoms with Crippen LogP contribution in [0.15, 0.2) is 53.6 Å². The lowest BCUT2D eigenvalue weighted by Gasteiger charge is -2.07. The van der Waals surface area contributed by atoms with Crippen molar-refractivity contribution in [1.29, 1.82) is 0 Å². The maximum atomic E-state index is 5.26. The summed E-state index contributed by atoms with van der Waals surface area (Å²) in [6, 6.07) is 15.1. The Morgan fingerprint density at radius 2 is 1.83 bits per heavy atom. The number of hydrogen-bond acceptors (Lipinski definition) is 7. The molecule has 0 radical (unpaired) electrons. The fourth-order valence-electron chi connectivity index (χ4n) is 2.10. The van der Waals surface area contributed by atoms with Gasteiger partial charge in [-0.1, -0.05) is 23.3 Å². The lowest BCUT2D eigenvalue weighted by molar-refractivity contribution is 0.355. The standard InChI is InChI=1S/C16H16N6O2/c1-23-14-9-8-12(10-15(14)24-2)11-17-18-16-19-20-21-22(16)13-6-4-3-5-7-13/h3-11H,1-2H3,(H,18,19,21). The lowest BCUT2D eigenvalue weighted by atomic mass is 10.2. The molecule has 8 heteroatoms. The van der Waals surface area contributed by atoms with Crippen LogP contribution in [0.3, 0.4) is 0 Å². The average Bonchev–Trinajstić information content (AvgIpc) is 3.11. The molecule has 0 unspecified atom stereocenters. The summed E-state index contributed by atoms with van der Waals surface area (Å²) in [5.74, 6) is 1.71. The first-order valence-corrected chi connectivity index (χ1v) is 7.16. The van der Waals surface area contributed by atoms with Gasteiger partial charge in [-0.3, -0.25) is 0 Å². The molecular weight excluding hydrogens is 308 g/mol. The fourth-order valence-corrected chi connectivity index (χ4v) is 2.10. The van der Waals surface area contributed by atoms with Gasteiger partial charge in [-0.25, -0.2) is 5.43 Å². The second-order valence-corrected chi connectivity index (χ2v) is 4.73. The second-order valence-electron chi connectivity index (χ2n) is 4.73. The Morgan fingerprint density at radius 1 is 1.04 bits per heavy atom. The topological polar surface area (TPSA) is 86.5 Å². The van der Waals surface area contributed by atoms with Crippen molar-refractivity contribution in [3.8, 4) is 17.2 Å². The van der Waals surface area contributed by atoms with E-state index in [0.717, 1.165) is 11.3 Å². The summed E-state index contributed by atoms with van der Waals surface area (Å²) >= 11 is 0. The number of anilines is 1. The molecule has 0 bridgehead atoms. The van der Waals surface area contributed by atoms with E-state index in [0.29, 0.717) is 17.4 Å². The summed E-state index contributed by atoms with van der Waals surface area (Å²) in [5, 5.41) is 15.7. The highest BCUT2D eigenvalue weighted by atomic mass is 16.5. The Bertz CT molecular complexity index is 832. The van der Waals surface area contributed by atoms with Crippen molar-refractivity contribution in [2.75, 3.05) is 19.6 Å². The fraction of sp³-hybridized carbons (Fsp3) is 0.125. The highest BCUT2D eigenvalue weighted by Gasteiger charge is 2.06. The number of tetrazole rings is 1. The van der Waals surface area contributed by atoms with Gasteiger partial charge in [0, 0.05) is 0 Å². The number of para-hydroxylation sites is 1. The van der Waals surface area contributed by atoms with Crippen LogP contribution in [0.2, 0.25) is 0 Å².